The van der Waals surface area contributed by atoms with E-state index in [4.69, 9.17) is 0 Å². The van der Waals surface area contributed by atoms with Crippen LogP contribution in [0, 0.1) is 0 Å². The number of benzene rings is 3. The SMILES string of the molecule is CCN(C(=O)c1nn(Cc2ccccc2)c(=O)c2c1c1ccccc1n2C)c1ccccc1. The molecule has 0 saturated carbocycles. The van der Waals surface area contributed by atoms with E-state index < -0.39 is 0 Å². The van der Waals surface area contributed by atoms with Crippen molar-refractivity contribution in [1.29, 1.82) is 0 Å². The van der Waals surface area contributed by atoms with Gasteiger partial charge in [-0.3, -0.25) is 9.59 Å². The number of para-hydroxylation sites is 2. The van der Waals surface area contributed by atoms with E-state index in [0.29, 0.717) is 17.4 Å². The van der Waals surface area contributed by atoms with Crippen LogP contribution in [0.5, 0.6) is 0 Å². The van der Waals surface area contributed by atoms with E-state index in [9.17, 15) is 9.59 Å². The molecule has 5 aromatic rings. The molecule has 0 bridgehead atoms. The minimum Gasteiger partial charge on any atom is -0.339 e. The fraction of sp³-hybridized carbons (Fsp3) is 0.148. The number of amides is 1. The number of anilines is 1. The molecule has 0 aliphatic rings. The Balaban J connectivity index is 1.79. The van der Waals surface area contributed by atoms with Crippen LogP contribution in [-0.4, -0.2) is 26.8 Å². The zero-order chi connectivity index (χ0) is 22.9. The van der Waals surface area contributed by atoms with Crippen LogP contribution in [-0.2, 0) is 13.6 Å². The lowest BCUT2D eigenvalue weighted by atomic mass is 10.1. The number of fused-ring (bicyclic) bond motifs is 3. The summed E-state index contributed by atoms with van der Waals surface area (Å²) in [6.07, 6.45) is 0. The van der Waals surface area contributed by atoms with Gasteiger partial charge in [-0.25, -0.2) is 4.68 Å². The molecule has 0 radical (unpaired) electrons. The smallest absolute Gasteiger partial charge is 0.291 e. The van der Waals surface area contributed by atoms with Crippen molar-refractivity contribution in [3.05, 3.63) is 107 Å². The molecule has 0 saturated heterocycles. The van der Waals surface area contributed by atoms with Crippen LogP contribution in [0.1, 0.15) is 23.0 Å². The summed E-state index contributed by atoms with van der Waals surface area (Å²) in [7, 11) is 1.86. The van der Waals surface area contributed by atoms with Crippen molar-refractivity contribution in [3.8, 4) is 0 Å². The molecule has 1 amide bonds. The number of aromatic nitrogens is 3. The second-order valence-electron chi connectivity index (χ2n) is 7.98. The van der Waals surface area contributed by atoms with Crippen LogP contribution in [0.25, 0.3) is 21.8 Å². The highest BCUT2D eigenvalue weighted by molar-refractivity contribution is 6.20. The first kappa shape index (κ1) is 20.7. The van der Waals surface area contributed by atoms with Gasteiger partial charge < -0.3 is 9.47 Å². The van der Waals surface area contributed by atoms with Crippen molar-refractivity contribution in [2.24, 2.45) is 7.05 Å². The minimum absolute atomic E-state index is 0.216. The maximum absolute atomic E-state index is 13.9. The third kappa shape index (κ3) is 3.49. The summed E-state index contributed by atoms with van der Waals surface area (Å²) in [5.74, 6) is -0.230. The van der Waals surface area contributed by atoms with Crippen molar-refractivity contribution < 1.29 is 4.79 Å². The number of carbonyl (C=O) groups is 1. The third-order valence-corrected chi connectivity index (χ3v) is 6.01. The quantitative estimate of drug-likeness (QED) is 0.404. The first-order valence-electron chi connectivity index (χ1n) is 11.0. The van der Waals surface area contributed by atoms with E-state index in [2.05, 4.69) is 5.10 Å². The summed E-state index contributed by atoms with van der Waals surface area (Å²) < 4.78 is 3.27. The summed E-state index contributed by atoms with van der Waals surface area (Å²) in [5.41, 5.74) is 3.17. The van der Waals surface area contributed by atoms with Crippen LogP contribution in [0.15, 0.2) is 89.7 Å². The van der Waals surface area contributed by atoms with Crippen molar-refractivity contribution in [3.63, 3.8) is 0 Å². The second-order valence-corrected chi connectivity index (χ2v) is 7.98. The largest absolute Gasteiger partial charge is 0.339 e. The first-order valence-corrected chi connectivity index (χ1v) is 11.0. The highest BCUT2D eigenvalue weighted by Gasteiger charge is 2.26. The molecule has 2 heterocycles. The zero-order valence-electron chi connectivity index (χ0n) is 18.6. The number of carbonyl (C=O) groups excluding carboxylic acids is 1. The van der Waals surface area contributed by atoms with E-state index in [1.165, 1.54) is 4.68 Å². The van der Waals surface area contributed by atoms with Gasteiger partial charge >= 0.3 is 0 Å². The molecule has 164 valence electrons. The van der Waals surface area contributed by atoms with Crippen molar-refractivity contribution >= 4 is 33.4 Å². The lowest BCUT2D eigenvalue weighted by Crippen LogP contribution is -2.34. The molecule has 2 aromatic heterocycles. The van der Waals surface area contributed by atoms with E-state index in [-0.39, 0.29) is 23.7 Å². The second kappa shape index (κ2) is 8.39. The average molecular weight is 437 g/mol. The third-order valence-electron chi connectivity index (χ3n) is 6.01. The van der Waals surface area contributed by atoms with E-state index >= 15 is 0 Å². The molecule has 5 rings (SSSR count). The average Bonchev–Trinajstić information content (AvgIpc) is 3.15. The number of nitrogens with zero attached hydrogens (tertiary/aromatic N) is 4. The van der Waals surface area contributed by atoms with Gasteiger partial charge in [0.1, 0.15) is 5.52 Å². The molecule has 0 fully saturated rings. The molecule has 0 unspecified atom stereocenters. The van der Waals surface area contributed by atoms with Gasteiger partial charge in [-0.05, 0) is 30.7 Å². The van der Waals surface area contributed by atoms with Crippen LogP contribution in [0.4, 0.5) is 5.69 Å². The predicted molar refractivity (Wildman–Crippen MR) is 132 cm³/mol. The Labute approximate surface area is 191 Å². The lowest BCUT2D eigenvalue weighted by Gasteiger charge is -2.21. The van der Waals surface area contributed by atoms with E-state index in [0.717, 1.165) is 22.2 Å². The van der Waals surface area contributed by atoms with Gasteiger partial charge in [0.05, 0.1) is 6.54 Å². The van der Waals surface area contributed by atoms with E-state index in [1.807, 2.05) is 103 Å². The molecular formula is C27H24N4O2. The number of hydrogen-bond donors (Lipinski definition) is 0. The van der Waals surface area contributed by atoms with Gasteiger partial charge in [0.15, 0.2) is 5.69 Å². The Morgan fingerprint density at radius 1 is 0.909 bits per heavy atom. The first-order chi connectivity index (χ1) is 16.1. The monoisotopic (exact) mass is 436 g/mol. The highest BCUT2D eigenvalue weighted by atomic mass is 16.2. The number of rotatable bonds is 5. The van der Waals surface area contributed by atoms with Gasteiger partial charge in [-0.1, -0.05) is 66.7 Å². The molecule has 0 atom stereocenters. The van der Waals surface area contributed by atoms with Crippen LogP contribution < -0.4 is 10.5 Å². The molecule has 0 spiro atoms. The lowest BCUT2D eigenvalue weighted by molar-refractivity contribution is 0.0983. The van der Waals surface area contributed by atoms with Gasteiger partial charge in [-0.2, -0.15) is 5.10 Å². The summed E-state index contributed by atoms with van der Waals surface area (Å²) >= 11 is 0. The molecule has 0 aliphatic heterocycles. The zero-order valence-corrected chi connectivity index (χ0v) is 18.6. The van der Waals surface area contributed by atoms with Gasteiger partial charge in [0.2, 0.25) is 0 Å². The summed E-state index contributed by atoms with van der Waals surface area (Å²) in [6, 6.07) is 27.0. The maximum Gasteiger partial charge on any atom is 0.291 e. The fourth-order valence-corrected chi connectivity index (χ4v) is 4.41. The molecule has 33 heavy (non-hydrogen) atoms. The van der Waals surface area contributed by atoms with Crippen LogP contribution in [0.2, 0.25) is 0 Å². The standard InChI is InChI=1S/C27H24N4O2/c1-3-30(20-14-8-5-9-15-20)26(32)24-23-21-16-10-11-17-22(21)29(2)25(23)27(33)31(28-24)18-19-12-6-4-7-13-19/h4-17H,3,18H2,1-2H3. The summed E-state index contributed by atoms with van der Waals surface area (Å²) in [6.45, 7) is 2.70. The Kier molecular flexibility index (Phi) is 5.26. The fourth-order valence-electron chi connectivity index (χ4n) is 4.41. The van der Waals surface area contributed by atoms with E-state index in [1.54, 1.807) is 4.90 Å². The van der Waals surface area contributed by atoms with Crippen LogP contribution >= 0.6 is 0 Å². The summed E-state index contributed by atoms with van der Waals surface area (Å²) in [4.78, 5) is 29.2. The molecular weight excluding hydrogens is 412 g/mol. The molecule has 6 heteroatoms. The number of hydrogen-bond acceptors (Lipinski definition) is 3. The minimum atomic E-state index is -0.230. The Hall–Kier alpha value is -4.19. The highest BCUT2D eigenvalue weighted by Crippen LogP contribution is 2.29. The Bertz CT molecular complexity index is 1520. The Morgan fingerprint density at radius 3 is 2.24 bits per heavy atom. The van der Waals surface area contributed by atoms with Crippen molar-refractivity contribution in [2.45, 2.75) is 13.5 Å². The summed E-state index contributed by atoms with van der Waals surface area (Å²) in [5, 5.41) is 6.10. The topological polar surface area (TPSA) is 60.1 Å². The Morgan fingerprint density at radius 2 is 1.55 bits per heavy atom. The van der Waals surface area contributed by atoms with Gasteiger partial charge in [0.25, 0.3) is 11.5 Å². The van der Waals surface area contributed by atoms with Crippen LogP contribution in [0.3, 0.4) is 0 Å². The normalized spacial score (nSPS) is 11.2. The molecule has 0 aliphatic carbocycles. The number of aryl methyl sites for hydroxylation is 1. The molecule has 6 nitrogen and oxygen atoms in total. The predicted octanol–water partition coefficient (Wildman–Crippen LogP) is 4.60. The maximum atomic E-state index is 13.9. The van der Waals surface area contributed by atoms with Crippen molar-refractivity contribution in [2.75, 3.05) is 11.4 Å². The molecule has 0 N–H and O–H groups in total. The molecule has 3 aromatic carbocycles. The van der Waals surface area contributed by atoms with Gasteiger partial charge in [-0.15, -0.1) is 0 Å². The van der Waals surface area contributed by atoms with Gasteiger partial charge in [0, 0.05) is 35.6 Å². The van der Waals surface area contributed by atoms with Crippen molar-refractivity contribution in [1.82, 2.24) is 14.3 Å².